The molecule has 90 valence electrons. The topological polar surface area (TPSA) is 70.7 Å². The number of hydrogen-bond acceptors (Lipinski definition) is 3. The van der Waals surface area contributed by atoms with Gasteiger partial charge in [0.2, 0.25) is 0 Å². The molecule has 0 atom stereocenters. The summed E-state index contributed by atoms with van der Waals surface area (Å²) >= 11 is 5.84. The molecule has 1 aromatic heterocycles. The van der Waals surface area contributed by atoms with E-state index in [1.54, 1.807) is 23.7 Å². The summed E-state index contributed by atoms with van der Waals surface area (Å²) < 4.78 is 1.59. The fourth-order valence-corrected chi connectivity index (χ4v) is 1.65. The van der Waals surface area contributed by atoms with Crippen molar-refractivity contribution in [2.45, 2.75) is 0 Å². The van der Waals surface area contributed by atoms with Crippen LogP contribution in [0, 0.1) is 11.3 Å². The Balaban J connectivity index is 2.30. The third-order valence-electron chi connectivity index (χ3n) is 2.40. The number of carbonyl (C=O) groups excluding carboxylic acids is 1. The number of aromatic nitrogens is 2. The second kappa shape index (κ2) is 4.90. The number of imidazole rings is 1. The average molecular weight is 261 g/mol. The highest BCUT2D eigenvalue weighted by Crippen LogP contribution is 2.20. The molecule has 0 saturated carbocycles. The van der Waals surface area contributed by atoms with Crippen LogP contribution in [0.2, 0.25) is 5.02 Å². The summed E-state index contributed by atoms with van der Waals surface area (Å²) in [5.41, 5.74) is 1.14. The molecule has 0 aliphatic heterocycles. The quantitative estimate of drug-likeness (QED) is 0.900. The summed E-state index contributed by atoms with van der Waals surface area (Å²) in [7, 11) is 1.71. The van der Waals surface area contributed by atoms with Crippen LogP contribution in [0.3, 0.4) is 0 Å². The van der Waals surface area contributed by atoms with E-state index in [0.717, 1.165) is 0 Å². The second-order valence-corrected chi connectivity index (χ2v) is 4.08. The Labute approximate surface area is 109 Å². The Morgan fingerprint density at radius 3 is 2.94 bits per heavy atom. The van der Waals surface area contributed by atoms with E-state index in [2.05, 4.69) is 10.3 Å². The van der Waals surface area contributed by atoms with Crippen LogP contribution in [0.1, 0.15) is 16.1 Å². The molecule has 0 aliphatic carbocycles. The number of nitrogens with one attached hydrogen (secondary N) is 1. The lowest BCUT2D eigenvalue weighted by Crippen LogP contribution is -2.16. The van der Waals surface area contributed by atoms with Gasteiger partial charge in [0, 0.05) is 12.1 Å². The van der Waals surface area contributed by atoms with E-state index < -0.39 is 0 Å². The minimum atomic E-state index is -0.339. The molecule has 0 fully saturated rings. The number of anilines is 1. The molecule has 18 heavy (non-hydrogen) atoms. The molecule has 6 heteroatoms. The fourth-order valence-electron chi connectivity index (χ4n) is 1.48. The van der Waals surface area contributed by atoms with Crippen LogP contribution < -0.4 is 5.32 Å². The summed E-state index contributed by atoms with van der Waals surface area (Å²) in [5.74, 6) is -0.339. The molecular formula is C12H9ClN4O. The molecule has 1 heterocycles. The van der Waals surface area contributed by atoms with Gasteiger partial charge in [0.05, 0.1) is 23.8 Å². The van der Waals surface area contributed by atoms with Gasteiger partial charge in [-0.25, -0.2) is 4.98 Å². The zero-order chi connectivity index (χ0) is 13.1. The lowest BCUT2D eigenvalue weighted by Gasteiger charge is -2.07. The number of nitriles is 1. The Morgan fingerprint density at radius 2 is 2.33 bits per heavy atom. The third-order valence-corrected chi connectivity index (χ3v) is 2.63. The van der Waals surface area contributed by atoms with E-state index in [1.807, 2.05) is 6.07 Å². The van der Waals surface area contributed by atoms with Crippen molar-refractivity contribution < 1.29 is 4.79 Å². The largest absolute Gasteiger partial charge is 0.330 e. The Morgan fingerprint density at radius 1 is 1.56 bits per heavy atom. The van der Waals surface area contributed by atoms with Gasteiger partial charge in [-0.2, -0.15) is 5.26 Å². The first-order chi connectivity index (χ1) is 8.61. The standard InChI is InChI=1S/C12H9ClN4O/c1-17-7-15-6-11(17)12(18)16-10-4-9(13)3-2-8(10)5-14/h2-4,6-7H,1H3,(H,16,18). The predicted molar refractivity (Wildman–Crippen MR) is 67.3 cm³/mol. The highest BCUT2D eigenvalue weighted by molar-refractivity contribution is 6.31. The van der Waals surface area contributed by atoms with Crippen molar-refractivity contribution in [2.24, 2.45) is 7.05 Å². The SMILES string of the molecule is Cn1cncc1C(=O)Nc1cc(Cl)ccc1C#N. The number of hydrogen-bond donors (Lipinski definition) is 1. The van der Waals surface area contributed by atoms with Crippen molar-refractivity contribution in [1.82, 2.24) is 9.55 Å². The van der Waals surface area contributed by atoms with E-state index in [9.17, 15) is 4.79 Å². The maximum Gasteiger partial charge on any atom is 0.273 e. The van der Waals surface area contributed by atoms with Crippen LogP contribution in [0.15, 0.2) is 30.7 Å². The molecule has 1 aromatic carbocycles. The van der Waals surface area contributed by atoms with Crippen LogP contribution in [-0.2, 0) is 7.05 Å². The number of halogens is 1. The number of carbonyl (C=O) groups is 1. The molecule has 5 nitrogen and oxygen atoms in total. The molecule has 2 rings (SSSR count). The van der Waals surface area contributed by atoms with E-state index in [0.29, 0.717) is 22.0 Å². The van der Waals surface area contributed by atoms with E-state index in [-0.39, 0.29) is 5.91 Å². The molecular weight excluding hydrogens is 252 g/mol. The summed E-state index contributed by atoms with van der Waals surface area (Å²) in [6.45, 7) is 0. The Bertz CT molecular complexity index is 642. The molecule has 1 amide bonds. The molecule has 0 radical (unpaired) electrons. The van der Waals surface area contributed by atoms with Crippen LogP contribution >= 0.6 is 11.6 Å². The summed E-state index contributed by atoms with van der Waals surface area (Å²) in [6, 6.07) is 6.68. The van der Waals surface area contributed by atoms with Crippen molar-refractivity contribution in [3.8, 4) is 6.07 Å². The number of rotatable bonds is 2. The zero-order valence-corrected chi connectivity index (χ0v) is 10.3. The van der Waals surface area contributed by atoms with E-state index in [1.165, 1.54) is 18.6 Å². The van der Waals surface area contributed by atoms with Gasteiger partial charge in [0.15, 0.2) is 0 Å². The molecule has 0 spiro atoms. The highest BCUT2D eigenvalue weighted by atomic mass is 35.5. The summed E-state index contributed by atoms with van der Waals surface area (Å²) in [6.07, 6.45) is 2.98. The number of amides is 1. The first-order valence-corrected chi connectivity index (χ1v) is 5.47. The summed E-state index contributed by atoms with van der Waals surface area (Å²) in [4.78, 5) is 15.8. The van der Waals surface area contributed by atoms with Gasteiger partial charge >= 0.3 is 0 Å². The van der Waals surface area contributed by atoms with Crippen molar-refractivity contribution in [2.75, 3.05) is 5.32 Å². The lowest BCUT2D eigenvalue weighted by molar-refractivity contribution is 0.101. The van der Waals surface area contributed by atoms with Crippen LogP contribution in [-0.4, -0.2) is 15.5 Å². The van der Waals surface area contributed by atoms with Gasteiger partial charge in [-0.3, -0.25) is 4.79 Å². The van der Waals surface area contributed by atoms with Crippen LogP contribution in [0.25, 0.3) is 0 Å². The van der Waals surface area contributed by atoms with Gasteiger partial charge in [-0.1, -0.05) is 11.6 Å². The Hall–Kier alpha value is -2.32. The molecule has 0 aliphatic rings. The number of benzene rings is 1. The first-order valence-electron chi connectivity index (χ1n) is 5.09. The van der Waals surface area contributed by atoms with Crippen molar-refractivity contribution in [3.05, 3.63) is 47.0 Å². The Kier molecular flexibility index (Phi) is 3.31. The van der Waals surface area contributed by atoms with Crippen molar-refractivity contribution in [1.29, 1.82) is 5.26 Å². The minimum absolute atomic E-state index is 0.339. The first kappa shape index (κ1) is 12.1. The van der Waals surface area contributed by atoms with E-state index >= 15 is 0 Å². The zero-order valence-electron chi connectivity index (χ0n) is 9.51. The van der Waals surface area contributed by atoms with Gasteiger partial charge < -0.3 is 9.88 Å². The van der Waals surface area contributed by atoms with Crippen molar-refractivity contribution >= 4 is 23.2 Å². The highest BCUT2D eigenvalue weighted by Gasteiger charge is 2.12. The minimum Gasteiger partial charge on any atom is -0.330 e. The molecule has 0 bridgehead atoms. The lowest BCUT2D eigenvalue weighted by atomic mass is 10.2. The average Bonchev–Trinajstić information content (AvgIpc) is 2.76. The van der Waals surface area contributed by atoms with Crippen LogP contribution in [0.4, 0.5) is 5.69 Å². The van der Waals surface area contributed by atoms with Crippen molar-refractivity contribution in [3.63, 3.8) is 0 Å². The molecule has 2 aromatic rings. The van der Waals surface area contributed by atoms with Gasteiger partial charge in [0.1, 0.15) is 11.8 Å². The van der Waals surface area contributed by atoms with Crippen LogP contribution in [0.5, 0.6) is 0 Å². The van der Waals surface area contributed by atoms with Gasteiger partial charge in [-0.05, 0) is 18.2 Å². The molecule has 1 N–H and O–H groups in total. The third kappa shape index (κ3) is 2.34. The predicted octanol–water partition coefficient (Wildman–Crippen LogP) is 2.20. The number of nitrogens with zero attached hydrogens (tertiary/aromatic N) is 3. The summed E-state index contributed by atoms with van der Waals surface area (Å²) in [5, 5.41) is 12.0. The molecule has 0 unspecified atom stereocenters. The normalized spacial score (nSPS) is 9.83. The fraction of sp³-hybridized carbons (Fsp3) is 0.0833. The monoisotopic (exact) mass is 260 g/mol. The van der Waals surface area contributed by atoms with Gasteiger partial charge in [-0.15, -0.1) is 0 Å². The second-order valence-electron chi connectivity index (χ2n) is 3.65. The van der Waals surface area contributed by atoms with Gasteiger partial charge in [0.25, 0.3) is 5.91 Å². The van der Waals surface area contributed by atoms with E-state index in [4.69, 9.17) is 16.9 Å². The molecule has 0 saturated heterocycles. The maximum atomic E-state index is 12.0. The number of aryl methyl sites for hydroxylation is 1. The smallest absolute Gasteiger partial charge is 0.273 e. The maximum absolute atomic E-state index is 12.0.